The Hall–Kier alpha value is -3.40. The van der Waals surface area contributed by atoms with Crippen molar-refractivity contribution in [2.24, 2.45) is 0 Å². The third-order valence-electron chi connectivity index (χ3n) is 4.89. The lowest BCUT2D eigenvalue weighted by molar-refractivity contribution is -0.121. The van der Waals surface area contributed by atoms with E-state index in [1.165, 1.54) is 9.80 Å². The van der Waals surface area contributed by atoms with Gasteiger partial charge in [0, 0.05) is 18.3 Å². The molecule has 138 valence electrons. The van der Waals surface area contributed by atoms with Gasteiger partial charge in [-0.25, -0.2) is 0 Å². The first-order chi connectivity index (χ1) is 12.8. The van der Waals surface area contributed by atoms with Crippen molar-refractivity contribution in [2.45, 2.75) is 26.8 Å². The molecule has 1 aromatic carbocycles. The molecule has 0 bridgehead atoms. The number of hydrogen-bond acceptors (Lipinski definition) is 4. The van der Waals surface area contributed by atoms with E-state index in [0.717, 1.165) is 5.56 Å². The summed E-state index contributed by atoms with van der Waals surface area (Å²) in [6.45, 7) is 5.51. The van der Waals surface area contributed by atoms with Crippen molar-refractivity contribution in [2.75, 3.05) is 18.0 Å². The fourth-order valence-electron chi connectivity index (χ4n) is 3.20. The monoisotopic (exact) mass is 364 g/mol. The molecular weight excluding hydrogens is 344 g/mol. The molecular formula is C20H20N4O3. The van der Waals surface area contributed by atoms with Crippen LogP contribution in [-0.2, 0) is 4.79 Å². The van der Waals surface area contributed by atoms with E-state index in [2.05, 4.69) is 11.1 Å². The van der Waals surface area contributed by atoms with Crippen molar-refractivity contribution in [1.29, 1.82) is 5.26 Å². The van der Waals surface area contributed by atoms with Crippen LogP contribution in [0.3, 0.4) is 0 Å². The molecule has 2 heterocycles. The van der Waals surface area contributed by atoms with Gasteiger partial charge in [0.15, 0.2) is 0 Å². The van der Waals surface area contributed by atoms with Crippen LogP contribution < -0.4 is 10.5 Å². The molecule has 1 fully saturated rings. The summed E-state index contributed by atoms with van der Waals surface area (Å²) >= 11 is 0. The predicted molar refractivity (Wildman–Crippen MR) is 101 cm³/mol. The van der Waals surface area contributed by atoms with Crippen LogP contribution in [0.4, 0.5) is 5.69 Å². The van der Waals surface area contributed by atoms with Crippen LogP contribution in [0.2, 0.25) is 0 Å². The Labute approximate surface area is 156 Å². The first kappa shape index (κ1) is 18.4. The minimum Gasteiger partial charge on any atom is -0.326 e. The standard InChI is InChI=1S/C20H20N4O3/c1-12-8-16(19(26)22-14(12)3)20(27)23-11-18(25)24(10-13(23)2)17-7-5-4-6-15(17)9-21/h4-8,13H,10-11H2,1-3H3,(H,22,26)/t13-/m0/s1. The van der Waals surface area contributed by atoms with Gasteiger partial charge in [-0.05, 0) is 44.5 Å². The second kappa shape index (κ2) is 7.08. The maximum absolute atomic E-state index is 12.9. The number of rotatable bonds is 2. The van der Waals surface area contributed by atoms with Gasteiger partial charge in [0.1, 0.15) is 18.2 Å². The molecule has 1 N–H and O–H groups in total. The van der Waals surface area contributed by atoms with Crippen LogP contribution >= 0.6 is 0 Å². The second-order valence-corrected chi connectivity index (χ2v) is 6.74. The molecule has 1 saturated heterocycles. The number of nitrogens with one attached hydrogen (secondary N) is 1. The fraction of sp³-hybridized carbons (Fsp3) is 0.300. The smallest absolute Gasteiger partial charge is 0.261 e. The molecule has 3 rings (SSSR count). The lowest BCUT2D eigenvalue weighted by Gasteiger charge is -2.39. The summed E-state index contributed by atoms with van der Waals surface area (Å²) in [5, 5.41) is 9.28. The van der Waals surface area contributed by atoms with Gasteiger partial charge < -0.3 is 14.8 Å². The van der Waals surface area contributed by atoms with E-state index in [0.29, 0.717) is 16.9 Å². The maximum atomic E-state index is 12.9. The van der Waals surface area contributed by atoms with Crippen LogP contribution in [-0.4, -0.2) is 40.8 Å². The number of para-hydroxylation sites is 1. The van der Waals surface area contributed by atoms with Crippen molar-refractivity contribution in [3.63, 3.8) is 0 Å². The molecule has 1 aliphatic heterocycles. The number of pyridine rings is 1. The number of nitrogens with zero attached hydrogens (tertiary/aromatic N) is 3. The van der Waals surface area contributed by atoms with E-state index in [1.807, 2.05) is 13.8 Å². The molecule has 1 aliphatic rings. The van der Waals surface area contributed by atoms with E-state index >= 15 is 0 Å². The first-order valence-electron chi connectivity index (χ1n) is 8.64. The normalized spacial score (nSPS) is 17.0. The molecule has 7 nitrogen and oxygen atoms in total. The number of carbonyl (C=O) groups is 2. The average molecular weight is 364 g/mol. The number of piperazine rings is 1. The number of H-pyrrole nitrogens is 1. The Kier molecular flexibility index (Phi) is 4.82. The second-order valence-electron chi connectivity index (χ2n) is 6.74. The van der Waals surface area contributed by atoms with Crippen LogP contribution in [0.15, 0.2) is 35.1 Å². The summed E-state index contributed by atoms with van der Waals surface area (Å²) in [7, 11) is 0. The van der Waals surface area contributed by atoms with Crippen LogP contribution in [0, 0.1) is 25.2 Å². The molecule has 7 heteroatoms. The van der Waals surface area contributed by atoms with E-state index < -0.39 is 11.5 Å². The topological polar surface area (TPSA) is 97.3 Å². The number of hydrogen-bond donors (Lipinski definition) is 1. The Morgan fingerprint density at radius 2 is 1.96 bits per heavy atom. The number of benzene rings is 1. The molecule has 27 heavy (non-hydrogen) atoms. The molecule has 2 amide bonds. The SMILES string of the molecule is Cc1cc(C(=O)N2CC(=O)N(c3ccccc3C#N)C[C@@H]2C)c(=O)[nH]c1C. The maximum Gasteiger partial charge on any atom is 0.261 e. The minimum atomic E-state index is -0.464. The Morgan fingerprint density at radius 1 is 1.26 bits per heavy atom. The van der Waals surface area contributed by atoms with Gasteiger partial charge in [0.05, 0.1) is 11.3 Å². The molecule has 0 saturated carbocycles. The number of aromatic amines is 1. The van der Waals surface area contributed by atoms with Crippen molar-refractivity contribution in [1.82, 2.24) is 9.88 Å². The zero-order valence-corrected chi connectivity index (χ0v) is 15.4. The van der Waals surface area contributed by atoms with Crippen molar-refractivity contribution in [3.05, 3.63) is 63.1 Å². The molecule has 0 aliphatic carbocycles. The average Bonchev–Trinajstić information content (AvgIpc) is 2.65. The first-order valence-corrected chi connectivity index (χ1v) is 8.64. The van der Waals surface area contributed by atoms with Gasteiger partial charge in [-0.1, -0.05) is 12.1 Å². The molecule has 0 radical (unpaired) electrons. The van der Waals surface area contributed by atoms with Crippen molar-refractivity contribution in [3.8, 4) is 6.07 Å². The van der Waals surface area contributed by atoms with Crippen molar-refractivity contribution >= 4 is 17.5 Å². The zero-order valence-electron chi connectivity index (χ0n) is 15.4. The third-order valence-corrected chi connectivity index (χ3v) is 4.89. The van der Waals surface area contributed by atoms with Gasteiger partial charge in [-0.3, -0.25) is 14.4 Å². The predicted octanol–water partition coefficient (Wildman–Crippen LogP) is 1.74. The number of amides is 2. The van der Waals surface area contributed by atoms with Gasteiger partial charge in [-0.2, -0.15) is 5.26 Å². The van der Waals surface area contributed by atoms with Crippen molar-refractivity contribution < 1.29 is 9.59 Å². The highest BCUT2D eigenvalue weighted by Crippen LogP contribution is 2.24. The molecule has 0 unspecified atom stereocenters. The van der Waals surface area contributed by atoms with E-state index in [-0.39, 0.29) is 30.6 Å². The largest absolute Gasteiger partial charge is 0.326 e. The summed E-state index contributed by atoms with van der Waals surface area (Å²) in [5.74, 6) is -0.752. The number of aryl methyl sites for hydroxylation is 2. The highest BCUT2D eigenvalue weighted by molar-refractivity contribution is 6.02. The van der Waals surface area contributed by atoms with Gasteiger partial charge in [-0.15, -0.1) is 0 Å². The van der Waals surface area contributed by atoms with Crippen LogP contribution in [0.25, 0.3) is 0 Å². The van der Waals surface area contributed by atoms with Gasteiger partial charge >= 0.3 is 0 Å². The highest BCUT2D eigenvalue weighted by Gasteiger charge is 2.35. The molecule has 1 atom stereocenters. The number of aromatic nitrogens is 1. The lowest BCUT2D eigenvalue weighted by Crippen LogP contribution is -2.57. The van der Waals surface area contributed by atoms with E-state index in [9.17, 15) is 19.6 Å². The number of anilines is 1. The number of nitriles is 1. The van der Waals surface area contributed by atoms with E-state index in [1.54, 1.807) is 37.3 Å². The minimum absolute atomic E-state index is 0.0311. The summed E-state index contributed by atoms with van der Waals surface area (Å²) in [4.78, 5) is 43.4. The summed E-state index contributed by atoms with van der Waals surface area (Å²) in [6.07, 6.45) is 0. The summed E-state index contributed by atoms with van der Waals surface area (Å²) in [5.41, 5.74) is 2.03. The number of carbonyl (C=O) groups excluding carboxylic acids is 2. The zero-order chi connectivity index (χ0) is 19.7. The van der Waals surface area contributed by atoms with Gasteiger partial charge in [0.2, 0.25) is 5.91 Å². The molecule has 2 aromatic rings. The van der Waals surface area contributed by atoms with E-state index in [4.69, 9.17) is 0 Å². The summed E-state index contributed by atoms with van der Waals surface area (Å²) < 4.78 is 0. The quantitative estimate of drug-likeness (QED) is 0.878. The highest BCUT2D eigenvalue weighted by atomic mass is 16.2. The van der Waals surface area contributed by atoms with Crippen LogP contribution in [0.1, 0.15) is 34.1 Å². The Morgan fingerprint density at radius 3 is 2.67 bits per heavy atom. The lowest BCUT2D eigenvalue weighted by atomic mass is 10.1. The fourth-order valence-corrected chi connectivity index (χ4v) is 3.20. The third kappa shape index (κ3) is 3.34. The van der Waals surface area contributed by atoms with Gasteiger partial charge in [0.25, 0.3) is 11.5 Å². The Bertz CT molecular complexity index is 1020. The molecule has 0 spiro atoms. The van der Waals surface area contributed by atoms with Crippen LogP contribution in [0.5, 0.6) is 0 Å². The Balaban J connectivity index is 1.89. The summed E-state index contributed by atoms with van der Waals surface area (Å²) in [6, 6.07) is 10.2. The molecule has 1 aromatic heterocycles.